The van der Waals surface area contributed by atoms with E-state index in [1.165, 1.54) is 16.5 Å². The van der Waals surface area contributed by atoms with Crippen LogP contribution in [0.5, 0.6) is 0 Å². The first-order valence-corrected chi connectivity index (χ1v) is 10.7. The Morgan fingerprint density at radius 1 is 1.17 bits per heavy atom. The van der Waals surface area contributed by atoms with E-state index >= 15 is 0 Å². The second-order valence-corrected chi connectivity index (χ2v) is 8.12. The molecule has 0 radical (unpaired) electrons. The number of hydrogen-bond donors (Lipinski definition) is 1. The number of carbonyl (C=O) groups excluding carboxylic acids is 1. The van der Waals surface area contributed by atoms with Gasteiger partial charge in [-0.15, -0.1) is 0 Å². The minimum absolute atomic E-state index is 0.177. The minimum atomic E-state index is 0.177. The van der Waals surface area contributed by atoms with Crippen LogP contribution in [0.3, 0.4) is 0 Å². The zero-order valence-electron chi connectivity index (χ0n) is 16.6. The minimum Gasteiger partial charge on any atom is -0.361 e. The number of aromatic nitrogens is 3. The number of aryl methyl sites for hydroxylation is 1. The molecule has 2 aromatic heterocycles. The van der Waals surface area contributed by atoms with E-state index in [4.69, 9.17) is 4.52 Å². The van der Waals surface area contributed by atoms with Crippen molar-refractivity contribution in [3.8, 4) is 0 Å². The molecule has 4 heterocycles. The topological polar surface area (TPSA) is 78.3 Å². The molecule has 5 rings (SSSR count). The monoisotopic (exact) mass is 393 g/mol. The molecule has 152 valence electrons. The van der Waals surface area contributed by atoms with Gasteiger partial charge in [0.25, 0.3) is 0 Å². The molecule has 1 N–H and O–H groups in total. The third-order valence-electron chi connectivity index (χ3n) is 6.22. The van der Waals surface area contributed by atoms with Crippen LogP contribution in [0.4, 0.5) is 0 Å². The number of aromatic amines is 1. The number of nitrogens with one attached hydrogen (secondary N) is 1. The Balaban J connectivity index is 1.24. The van der Waals surface area contributed by atoms with Crippen LogP contribution < -0.4 is 0 Å². The van der Waals surface area contributed by atoms with Crippen molar-refractivity contribution in [2.24, 2.45) is 0 Å². The van der Waals surface area contributed by atoms with Crippen LogP contribution in [0.2, 0.25) is 0 Å². The Bertz CT molecular complexity index is 988. The van der Waals surface area contributed by atoms with Gasteiger partial charge in [-0.25, -0.2) is 0 Å². The van der Waals surface area contributed by atoms with Gasteiger partial charge in [-0.1, -0.05) is 17.3 Å². The third kappa shape index (κ3) is 3.79. The molecule has 7 heteroatoms. The molecule has 0 saturated carbocycles. The maximum absolute atomic E-state index is 12.2. The number of likely N-dealkylation sites (tertiary alicyclic amines) is 2. The number of hydrogen-bond acceptors (Lipinski definition) is 5. The third-order valence-corrected chi connectivity index (χ3v) is 6.22. The van der Waals surface area contributed by atoms with Gasteiger partial charge in [0, 0.05) is 49.6 Å². The van der Waals surface area contributed by atoms with Gasteiger partial charge in [0.05, 0.1) is 6.04 Å². The summed E-state index contributed by atoms with van der Waals surface area (Å²) < 4.78 is 5.48. The number of fused-ring (bicyclic) bond motifs is 1. The molecule has 1 amide bonds. The van der Waals surface area contributed by atoms with Crippen molar-refractivity contribution in [3.63, 3.8) is 0 Å². The van der Waals surface area contributed by atoms with Crippen molar-refractivity contribution in [1.29, 1.82) is 0 Å². The van der Waals surface area contributed by atoms with Crippen LogP contribution in [0.15, 0.2) is 35.0 Å². The van der Waals surface area contributed by atoms with E-state index < -0.39 is 0 Å². The molecule has 7 nitrogen and oxygen atoms in total. The lowest BCUT2D eigenvalue weighted by molar-refractivity contribution is -0.130. The maximum Gasteiger partial charge on any atom is 0.227 e. The van der Waals surface area contributed by atoms with Crippen molar-refractivity contribution in [1.82, 2.24) is 24.9 Å². The van der Waals surface area contributed by atoms with Gasteiger partial charge in [0.2, 0.25) is 11.8 Å². The summed E-state index contributed by atoms with van der Waals surface area (Å²) in [6.45, 7) is 3.68. The molecular formula is C22H27N5O2. The summed E-state index contributed by atoms with van der Waals surface area (Å²) in [5, 5.41) is 5.53. The fraction of sp³-hybridized carbons (Fsp3) is 0.500. The van der Waals surface area contributed by atoms with Crippen molar-refractivity contribution in [3.05, 3.63) is 47.7 Å². The SMILES string of the molecule is O=C(CCc1nc([C@@H]2CCCN2Cc2cccc3[nH]ccc23)no1)N1CCCC1. The zero-order valence-corrected chi connectivity index (χ0v) is 16.6. The molecule has 29 heavy (non-hydrogen) atoms. The number of carbonyl (C=O) groups is 1. The molecule has 0 spiro atoms. The maximum atomic E-state index is 12.2. The smallest absolute Gasteiger partial charge is 0.227 e. The van der Waals surface area contributed by atoms with Crippen LogP contribution in [0.25, 0.3) is 10.9 Å². The Hall–Kier alpha value is -2.67. The van der Waals surface area contributed by atoms with E-state index in [9.17, 15) is 4.79 Å². The van der Waals surface area contributed by atoms with E-state index in [1.807, 2.05) is 11.1 Å². The summed E-state index contributed by atoms with van der Waals surface area (Å²) in [7, 11) is 0. The molecular weight excluding hydrogens is 366 g/mol. The highest BCUT2D eigenvalue weighted by molar-refractivity contribution is 5.82. The summed E-state index contributed by atoms with van der Waals surface area (Å²) in [5.41, 5.74) is 2.48. The summed E-state index contributed by atoms with van der Waals surface area (Å²) in [6.07, 6.45) is 7.36. The molecule has 3 aromatic rings. The predicted molar refractivity (Wildman–Crippen MR) is 109 cm³/mol. The number of rotatable bonds is 6. The van der Waals surface area contributed by atoms with Crippen LogP contribution in [-0.4, -0.2) is 50.5 Å². The molecule has 0 unspecified atom stereocenters. The number of nitrogens with zero attached hydrogens (tertiary/aromatic N) is 4. The standard InChI is InChI=1S/C22H27N5O2/c28-21(26-12-1-2-13-26)9-8-20-24-22(25-29-20)19-7-4-14-27(19)15-16-5-3-6-18-17(16)10-11-23-18/h3,5-6,10-11,19,23H,1-2,4,7-9,12-15H2/t19-/m0/s1. The van der Waals surface area contributed by atoms with Gasteiger partial charge in [-0.05, 0) is 49.9 Å². The fourth-order valence-electron chi connectivity index (χ4n) is 4.66. The lowest BCUT2D eigenvalue weighted by Crippen LogP contribution is -2.27. The second kappa shape index (κ2) is 7.99. The summed E-state index contributed by atoms with van der Waals surface area (Å²) in [6, 6.07) is 8.71. The highest BCUT2D eigenvalue weighted by atomic mass is 16.5. The molecule has 0 aliphatic carbocycles. The zero-order chi connectivity index (χ0) is 19.6. The number of H-pyrrole nitrogens is 1. The summed E-state index contributed by atoms with van der Waals surface area (Å²) in [5.74, 6) is 1.53. The quantitative estimate of drug-likeness (QED) is 0.694. The summed E-state index contributed by atoms with van der Waals surface area (Å²) >= 11 is 0. The lowest BCUT2D eigenvalue weighted by Gasteiger charge is -2.22. The number of benzene rings is 1. The van der Waals surface area contributed by atoms with Crippen molar-refractivity contribution >= 4 is 16.8 Å². The average molecular weight is 393 g/mol. The van der Waals surface area contributed by atoms with Crippen LogP contribution in [0, 0.1) is 0 Å². The number of amides is 1. The van der Waals surface area contributed by atoms with Crippen LogP contribution >= 0.6 is 0 Å². The van der Waals surface area contributed by atoms with Gasteiger partial charge >= 0.3 is 0 Å². The lowest BCUT2D eigenvalue weighted by atomic mass is 10.1. The van der Waals surface area contributed by atoms with Gasteiger partial charge in [0.1, 0.15) is 0 Å². The Morgan fingerprint density at radius 3 is 2.97 bits per heavy atom. The average Bonchev–Trinajstić information content (AvgIpc) is 3.53. The first-order chi connectivity index (χ1) is 14.3. The predicted octanol–water partition coefficient (Wildman–Crippen LogP) is 3.44. The molecule has 2 aliphatic rings. The van der Waals surface area contributed by atoms with Crippen LogP contribution in [0.1, 0.15) is 55.4 Å². The highest BCUT2D eigenvalue weighted by Crippen LogP contribution is 2.33. The highest BCUT2D eigenvalue weighted by Gasteiger charge is 2.30. The first-order valence-electron chi connectivity index (χ1n) is 10.7. The molecule has 2 aliphatic heterocycles. The van der Waals surface area contributed by atoms with Gasteiger partial charge in [0.15, 0.2) is 5.82 Å². The Morgan fingerprint density at radius 2 is 2.07 bits per heavy atom. The van der Waals surface area contributed by atoms with Crippen LogP contribution in [-0.2, 0) is 17.8 Å². The fourth-order valence-corrected chi connectivity index (χ4v) is 4.66. The normalized spacial score (nSPS) is 20.1. The van der Waals surface area contributed by atoms with E-state index in [2.05, 4.69) is 44.3 Å². The van der Waals surface area contributed by atoms with Gasteiger partial charge in [-0.3, -0.25) is 9.69 Å². The Labute approximate surface area is 170 Å². The molecule has 2 saturated heterocycles. The molecule has 0 bridgehead atoms. The van der Waals surface area contributed by atoms with E-state index in [0.29, 0.717) is 18.7 Å². The van der Waals surface area contributed by atoms with E-state index in [1.54, 1.807) is 0 Å². The molecule has 1 atom stereocenters. The van der Waals surface area contributed by atoms with Gasteiger partial charge in [-0.2, -0.15) is 4.98 Å². The summed E-state index contributed by atoms with van der Waals surface area (Å²) in [4.78, 5) is 24.5. The van der Waals surface area contributed by atoms with Crippen molar-refractivity contribution < 1.29 is 9.32 Å². The molecule has 1 aromatic carbocycles. The largest absolute Gasteiger partial charge is 0.361 e. The van der Waals surface area contributed by atoms with Gasteiger partial charge < -0.3 is 14.4 Å². The Kier molecular flexibility index (Phi) is 5.06. The second-order valence-electron chi connectivity index (χ2n) is 8.12. The van der Waals surface area contributed by atoms with Crippen molar-refractivity contribution in [2.75, 3.05) is 19.6 Å². The van der Waals surface area contributed by atoms with E-state index in [0.717, 1.165) is 57.7 Å². The first kappa shape index (κ1) is 18.4. The molecule has 2 fully saturated rings. The van der Waals surface area contributed by atoms with Crippen molar-refractivity contribution in [2.45, 2.75) is 51.1 Å². The van der Waals surface area contributed by atoms with E-state index in [-0.39, 0.29) is 11.9 Å².